The smallest absolute Gasteiger partial charge is 0.258 e. The molecule has 2 rings (SSSR count). The molecule has 2 aromatic rings. The van der Waals surface area contributed by atoms with Crippen LogP contribution in [0.25, 0.3) is 0 Å². The standard InChI is InChI=1S/C14H12Cl2N2O/c1-18(13-5-3-2-4-12(13)17)14(19)9-6-7-10(15)11(16)8-9/h2-8H,17H2,1H3. The molecule has 0 radical (unpaired) electrons. The van der Waals surface area contributed by atoms with Gasteiger partial charge in [0.05, 0.1) is 21.4 Å². The SMILES string of the molecule is CN(C(=O)c1ccc(Cl)c(Cl)c1)c1ccccc1N. The fourth-order valence-corrected chi connectivity index (χ4v) is 2.02. The van der Waals surface area contributed by atoms with E-state index >= 15 is 0 Å². The topological polar surface area (TPSA) is 46.3 Å². The Balaban J connectivity index is 2.34. The quantitative estimate of drug-likeness (QED) is 0.855. The fraction of sp³-hybridized carbons (Fsp3) is 0.0714. The molecule has 0 aliphatic heterocycles. The van der Waals surface area contributed by atoms with Crippen LogP contribution in [-0.4, -0.2) is 13.0 Å². The van der Waals surface area contributed by atoms with Gasteiger partial charge in [-0.15, -0.1) is 0 Å². The zero-order valence-corrected chi connectivity index (χ0v) is 11.7. The number of benzene rings is 2. The molecule has 0 saturated heterocycles. The van der Waals surface area contributed by atoms with E-state index in [4.69, 9.17) is 28.9 Å². The van der Waals surface area contributed by atoms with E-state index in [9.17, 15) is 4.79 Å². The number of carbonyl (C=O) groups is 1. The van der Waals surface area contributed by atoms with Crippen LogP contribution in [0.1, 0.15) is 10.4 Å². The molecule has 0 aliphatic carbocycles. The molecule has 98 valence electrons. The molecule has 0 spiro atoms. The van der Waals surface area contributed by atoms with Gasteiger partial charge in [0.1, 0.15) is 0 Å². The molecular formula is C14H12Cl2N2O. The van der Waals surface area contributed by atoms with Gasteiger partial charge in [-0.25, -0.2) is 0 Å². The Kier molecular flexibility index (Phi) is 3.98. The Bertz CT molecular complexity index is 629. The number of para-hydroxylation sites is 2. The third kappa shape index (κ3) is 2.83. The highest BCUT2D eigenvalue weighted by molar-refractivity contribution is 6.42. The van der Waals surface area contributed by atoms with E-state index in [2.05, 4.69) is 0 Å². The van der Waals surface area contributed by atoms with Gasteiger partial charge in [-0.2, -0.15) is 0 Å². The van der Waals surface area contributed by atoms with Gasteiger partial charge in [0, 0.05) is 12.6 Å². The largest absolute Gasteiger partial charge is 0.397 e. The Morgan fingerprint density at radius 3 is 2.42 bits per heavy atom. The average molecular weight is 295 g/mol. The maximum Gasteiger partial charge on any atom is 0.258 e. The molecule has 1 amide bonds. The Hall–Kier alpha value is -1.71. The molecule has 0 aromatic heterocycles. The van der Waals surface area contributed by atoms with Gasteiger partial charge >= 0.3 is 0 Å². The first-order valence-electron chi connectivity index (χ1n) is 5.58. The van der Waals surface area contributed by atoms with Crippen molar-refractivity contribution in [2.75, 3.05) is 17.7 Å². The van der Waals surface area contributed by atoms with Crippen molar-refractivity contribution in [3.63, 3.8) is 0 Å². The summed E-state index contributed by atoms with van der Waals surface area (Å²) >= 11 is 11.7. The molecule has 0 unspecified atom stereocenters. The van der Waals surface area contributed by atoms with Gasteiger partial charge < -0.3 is 10.6 Å². The van der Waals surface area contributed by atoms with Crippen LogP contribution in [0.3, 0.4) is 0 Å². The monoisotopic (exact) mass is 294 g/mol. The normalized spacial score (nSPS) is 10.3. The zero-order chi connectivity index (χ0) is 14.0. The van der Waals surface area contributed by atoms with Crippen LogP contribution in [0.15, 0.2) is 42.5 Å². The molecule has 2 N–H and O–H groups in total. The lowest BCUT2D eigenvalue weighted by Crippen LogP contribution is -2.26. The highest BCUT2D eigenvalue weighted by Gasteiger charge is 2.16. The van der Waals surface area contributed by atoms with Crippen LogP contribution in [0.2, 0.25) is 10.0 Å². The van der Waals surface area contributed by atoms with Crippen molar-refractivity contribution in [2.45, 2.75) is 0 Å². The van der Waals surface area contributed by atoms with E-state index < -0.39 is 0 Å². The molecule has 0 heterocycles. The molecule has 0 atom stereocenters. The summed E-state index contributed by atoms with van der Waals surface area (Å²) in [5, 5.41) is 0.766. The van der Waals surface area contributed by atoms with Gasteiger partial charge in [-0.3, -0.25) is 4.79 Å². The van der Waals surface area contributed by atoms with E-state index in [1.54, 1.807) is 37.4 Å². The zero-order valence-electron chi connectivity index (χ0n) is 10.2. The van der Waals surface area contributed by atoms with Crippen LogP contribution in [0.4, 0.5) is 11.4 Å². The number of nitrogen functional groups attached to an aromatic ring is 1. The predicted molar refractivity (Wildman–Crippen MR) is 80.0 cm³/mol. The van der Waals surface area contributed by atoms with Crippen molar-refractivity contribution < 1.29 is 4.79 Å². The molecular weight excluding hydrogens is 283 g/mol. The number of rotatable bonds is 2. The lowest BCUT2D eigenvalue weighted by Gasteiger charge is -2.19. The maximum atomic E-state index is 12.3. The lowest BCUT2D eigenvalue weighted by atomic mass is 10.2. The Morgan fingerprint density at radius 1 is 1.11 bits per heavy atom. The van der Waals surface area contributed by atoms with Crippen molar-refractivity contribution in [3.8, 4) is 0 Å². The van der Waals surface area contributed by atoms with Crippen molar-refractivity contribution in [3.05, 3.63) is 58.1 Å². The number of anilines is 2. The van der Waals surface area contributed by atoms with E-state index in [1.807, 2.05) is 12.1 Å². The molecule has 0 saturated carbocycles. The van der Waals surface area contributed by atoms with Crippen LogP contribution in [0, 0.1) is 0 Å². The van der Waals surface area contributed by atoms with Gasteiger partial charge in [0.2, 0.25) is 0 Å². The first-order valence-corrected chi connectivity index (χ1v) is 6.34. The molecule has 5 heteroatoms. The summed E-state index contributed by atoms with van der Waals surface area (Å²) < 4.78 is 0. The molecule has 0 bridgehead atoms. The van der Waals surface area contributed by atoms with Crippen molar-refractivity contribution in [1.29, 1.82) is 0 Å². The highest BCUT2D eigenvalue weighted by Crippen LogP contribution is 2.26. The van der Waals surface area contributed by atoms with Crippen LogP contribution >= 0.6 is 23.2 Å². The number of carbonyl (C=O) groups excluding carboxylic acids is 1. The summed E-state index contributed by atoms with van der Waals surface area (Å²) in [5.41, 5.74) is 7.50. The van der Waals surface area contributed by atoms with Gasteiger partial charge in [0.15, 0.2) is 0 Å². The Labute approximate surface area is 121 Å². The predicted octanol–water partition coefficient (Wildman–Crippen LogP) is 3.85. The first kappa shape index (κ1) is 13.7. The molecule has 0 aliphatic rings. The summed E-state index contributed by atoms with van der Waals surface area (Å²) in [5.74, 6) is -0.198. The summed E-state index contributed by atoms with van der Waals surface area (Å²) in [6.45, 7) is 0. The van der Waals surface area contributed by atoms with E-state index in [1.165, 1.54) is 4.90 Å². The van der Waals surface area contributed by atoms with E-state index in [0.29, 0.717) is 27.0 Å². The van der Waals surface area contributed by atoms with Crippen LogP contribution in [0.5, 0.6) is 0 Å². The molecule has 0 fully saturated rings. The third-order valence-corrected chi connectivity index (χ3v) is 3.51. The molecule has 3 nitrogen and oxygen atoms in total. The number of nitrogens with two attached hydrogens (primary N) is 1. The number of nitrogens with zero attached hydrogens (tertiary/aromatic N) is 1. The first-order chi connectivity index (χ1) is 9.00. The van der Waals surface area contributed by atoms with Gasteiger partial charge in [-0.05, 0) is 30.3 Å². The second-order valence-electron chi connectivity index (χ2n) is 4.05. The number of hydrogen-bond acceptors (Lipinski definition) is 2. The van der Waals surface area contributed by atoms with Gasteiger partial charge in [0.25, 0.3) is 5.91 Å². The second-order valence-corrected chi connectivity index (χ2v) is 4.87. The van der Waals surface area contributed by atoms with Crippen molar-refractivity contribution >= 4 is 40.5 Å². The summed E-state index contributed by atoms with van der Waals surface area (Å²) in [4.78, 5) is 13.8. The van der Waals surface area contributed by atoms with E-state index in [-0.39, 0.29) is 5.91 Å². The number of halogens is 2. The van der Waals surface area contributed by atoms with Crippen molar-refractivity contribution in [2.24, 2.45) is 0 Å². The number of hydrogen-bond donors (Lipinski definition) is 1. The minimum Gasteiger partial charge on any atom is -0.397 e. The highest BCUT2D eigenvalue weighted by atomic mass is 35.5. The Morgan fingerprint density at radius 2 is 1.79 bits per heavy atom. The number of amides is 1. The molecule has 2 aromatic carbocycles. The summed E-state index contributed by atoms with van der Waals surface area (Å²) in [6, 6.07) is 11.9. The minimum absolute atomic E-state index is 0.198. The third-order valence-electron chi connectivity index (χ3n) is 2.77. The second kappa shape index (κ2) is 5.51. The minimum atomic E-state index is -0.198. The molecule has 19 heavy (non-hydrogen) atoms. The van der Waals surface area contributed by atoms with Crippen LogP contribution < -0.4 is 10.6 Å². The summed E-state index contributed by atoms with van der Waals surface area (Å²) in [6.07, 6.45) is 0. The van der Waals surface area contributed by atoms with E-state index in [0.717, 1.165) is 0 Å². The van der Waals surface area contributed by atoms with Gasteiger partial charge in [-0.1, -0.05) is 35.3 Å². The summed E-state index contributed by atoms with van der Waals surface area (Å²) in [7, 11) is 1.66. The van der Waals surface area contributed by atoms with Crippen molar-refractivity contribution in [1.82, 2.24) is 0 Å². The van der Waals surface area contributed by atoms with Crippen LogP contribution in [-0.2, 0) is 0 Å². The maximum absolute atomic E-state index is 12.3. The fourth-order valence-electron chi connectivity index (χ4n) is 1.73. The lowest BCUT2D eigenvalue weighted by molar-refractivity contribution is 0.0993. The average Bonchev–Trinajstić information content (AvgIpc) is 2.41.